The summed E-state index contributed by atoms with van der Waals surface area (Å²) in [7, 11) is 0. The Kier molecular flexibility index (Phi) is 4.25. The molecule has 1 aliphatic carbocycles. The first-order chi connectivity index (χ1) is 11.7. The molecule has 3 aliphatic rings. The molecule has 2 aliphatic heterocycles. The molecule has 1 saturated heterocycles. The fourth-order valence-corrected chi connectivity index (χ4v) is 4.36. The maximum absolute atomic E-state index is 11.8. The number of nitrogens with one attached hydrogen (secondary N) is 1. The monoisotopic (exact) mass is 328 g/mol. The SMILES string of the molecule is C[C@H](CN[C@H]1CC2(CCC2)Oc2ccccc21)CN1CCCC1=O. The van der Waals surface area contributed by atoms with Gasteiger partial charge in [-0.3, -0.25) is 4.79 Å². The molecule has 4 rings (SSSR count). The van der Waals surface area contributed by atoms with E-state index < -0.39 is 0 Å². The highest BCUT2D eigenvalue weighted by Crippen LogP contribution is 2.48. The normalized spacial score (nSPS) is 26.0. The van der Waals surface area contributed by atoms with Crippen molar-refractivity contribution in [2.45, 2.75) is 57.1 Å². The largest absolute Gasteiger partial charge is 0.487 e. The summed E-state index contributed by atoms with van der Waals surface area (Å²) >= 11 is 0. The average molecular weight is 328 g/mol. The first kappa shape index (κ1) is 15.9. The molecule has 0 radical (unpaired) electrons. The van der Waals surface area contributed by atoms with Crippen LogP contribution < -0.4 is 10.1 Å². The van der Waals surface area contributed by atoms with Gasteiger partial charge in [0.1, 0.15) is 11.4 Å². The zero-order valence-corrected chi connectivity index (χ0v) is 14.6. The van der Waals surface area contributed by atoms with Crippen molar-refractivity contribution >= 4 is 5.91 Å². The first-order valence-electron chi connectivity index (χ1n) is 9.44. The summed E-state index contributed by atoms with van der Waals surface area (Å²) in [5.41, 5.74) is 1.36. The second kappa shape index (κ2) is 6.40. The van der Waals surface area contributed by atoms with Gasteiger partial charge in [0, 0.05) is 37.5 Å². The van der Waals surface area contributed by atoms with Crippen molar-refractivity contribution < 1.29 is 9.53 Å². The van der Waals surface area contributed by atoms with Crippen LogP contribution in [0, 0.1) is 5.92 Å². The summed E-state index contributed by atoms with van der Waals surface area (Å²) < 4.78 is 6.32. The topological polar surface area (TPSA) is 41.6 Å². The molecule has 0 aromatic heterocycles. The summed E-state index contributed by atoms with van der Waals surface area (Å²) in [6, 6.07) is 8.83. The number of hydrogen-bond acceptors (Lipinski definition) is 3. The van der Waals surface area contributed by atoms with Gasteiger partial charge in [-0.05, 0) is 44.2 Å². The van der Waals surface area contributed by atoms with Crippen molar-refractivity contribution in [3.05, 3.63) is 29.8 Å². The van der Waals surface area contributed by atoms with Crippen LogP contribution in [0.15, 0.2) is 24.3 Å². The van der Waals surface area contributed by atoms with Crippen molar-refractivity contribution in [1.29, 1.82) is 0 Å². The number of carbonyl (C=O) groups excluding carboxylic acids is 1. The van der Waals surface area contributed by atoms with E-state index in [4.69, 9.17) is 4.74 Å². The Balaban J connectivity index is 1.39. The highest BCUT2D eigenvalue weighted by molar-refractivity contribution is 5.78. The van der Waals surface area contributed by atoms with Crippen LogP contribution in [0.3, 0.4) is 0 Å². The number of rotatable bonds is 5. The van der Waals surface area contributed by atoms with Gasteiger partial charge in [-0.1, -0.05) is 25.1 Å². The molecule has 4 heteroatoms. The van der Waals surface area contributed by atoms with E-state index in [0.29, 0.717) is 17.9 Å². The van der Waals surface area contributed by atoms with Crippen LogP contribution in [0.2, 0.25) is 0 Å². The second-order valence-electron chi connectivity index (χ2n) is 7.89. The maximum atomic E-state index is 11.8. The smallest absolute Gasteiger partial charge is 0.222 e. The van der Waals surface area contributed by atoms with E-state index in [9.17, 15) is 4.79 Å². The Morgan fingerprint density at radius 2 is 2.17 bits per heavy atom. The molecule has 4 nitrogen and oxygen atoms in total. The average Bonchev–Trinajstić information content (AvgIpc) is 2.96. The fraction of sp³-hybridized carbons (Fsp3) is 0.650. The predicted octanol–water partition coefficient (Wildman–Crippen LogP) is 3.28. The van der Waals surface area contributed by atoms with Crippen LogP contribution in [0.25, 0.3) is 0 Å². The third kappa shape index (κ3) is 3.04. The van der Waals surface area contributed by atoms with E-state index in [1.54, 1.807) is 0 Å². The summed E-state index contributed by atoms with van der Waals surface area (Å²) in [5.74, 6) is 1.86. The zero-order valence-electron chi connectivity index (χ0n) is 14.6. The van der Waals surface area contributed by atoms with Crippen molar-refractivity contribution in [3.63, 3.8) is 0 Å². The van der Waals surface area contributed by atoms with Crippen molar-refractivity contribution in [2.75, 3.05) is 19.6 Å². The number of fused-ring (bicyclic) bond motifs is 1. The van der Waals surface area contributed by atoms with Crippen molar-refractivity contribution in [2.24, 2.45) is 5.92 Å². The molecule has 24 heavy (non-hydrogen) atoms. The second-order valence-corrected chi connectivity index (χ2v) is 7.89. The highest BCUT2D eigenvalue weighted by Gasteiger charge is 2.45. The summed E-state index contributed by atoms with van der Waals surface area (Å²) in [5, 5.41) is 3.77. The third-order valence-electron chi connectivity index (χ3n) is 5.88. The summed E-state index contributed by atoms with van der Waals surface area (Å²) in [6.07, 6.45) is 6.46. The highest BCUT2D eigenvalue weighted by atomic mass is 16.5. The van der Waals surface area contributed by atoms with Gasteiger partial charge in [-0.25, -0.2) is 0 Å². The molecule has 1 spiro atoms. The van der Waals surface area contributed by atoms with Gasteiger partial charge in [0.15, 0.2) is 0 Å². The lowest BCUT2D eigenvalue weighted by molar-refractivity contribution is -0.128. The minimum absolute atomic E-state index is 0.0696. The van der Waals surface area contributed by atoms with Gasteiger partial charge in [-0.15, -0.1) is 0 Å². The van der Waals surface area contributed by atoms with Crippen LogP contribution in [-0.4, -0.2) is 36.0 Å². The first-order valence-corrected chi connectivity index (χ1v) is 9.44. The number of carbonyl (C=O) groups is 1. The Hall–Kier alpha value is -1.55. The number of hydrogen-bond donors (Lipinski definition) is 1. The van der Waals surface area contributed by atoms with Gasteiger partial charge in [0.25, 0.3) is 0 Å². The lowest BCUT2D eigenvalue weighted by Crippen LogP contribution is -2.49. The van der Waals surface area contributed by atoms with Gasteiger partial charge in [0.2, 0.25) is 5.91 Å². The van der Waals surface area contributed by atoms with E-state index in [-0.39, 0.29) is 5.60 Å². The van der Waals surface area contributed by atoms with E-state index >= 15 is 0 Å². The number of para-hydroxylation sites is 1. The molecular formula is C20H28N2O2. The number of ether oxygens (including phenoxy) is 1. The number of nitrogens with zero attached hydrogens (tertiary/aromatic N) is 1. The Bertz CT molecular complexity index is 611. The zero-order chi connectivity index (χ0) is 16.6. The molecule has 1 aromatic rings. The molecule has 2 atom stereocenters. The van der Waals surface area contributed by atoms with E-state index in [1.807, 2.05) is 4.90 Å². The van der Waals surface area contributed by atoms with Crippen LogP contribution in [0.1, 0.15) is 57.1 Å². The summed E-state index contributed by atoms with van der Waals surface area (Å²) in [6.45, 7) is 5.00. The minimum atomic E-state index is 0.0696. The van der Waals surface area contributed by atoms with E-state index in [0.717, 1.165) is 44.6 Å². The fourth-order valence-electron chi connectivity index (χ4n) is 4.36. The van der Waals surface area contributed by atoms with E-state index in [2.05, 4.69) is 36.5 Å². The molecule has 130 valence electrons. The van der Waals surface area contributed by atoms with Gasteiger partial charge in [0.05, 0.1) is 0 Å². The molecule has 1 saturated carbocycles. The number of benzene rings is 1. The van der Waals surface area contributed by atoms with Gasteiger partial charge in [-0.2, -0.15) is 0 Å². The molecule has 0 unspecified atom stereocenters. The lowest BCUT2D eigenvalue weighted by Gasteiger charge is -2.48. The van der Waals surface area contributed by atoms with Crippen LogP contribution in [-0.2, 0) is 4.79 Å². The van der Waals surface area contributed by atoms with Gasteiger partial charge < -0.3 is 15.0 Å². The lowest BCUT2D eigenvalue weighted by atomic mass is 9.73. The number of amides is 1. The Morgan fingerprint density at radius 1 is 1.33 bits per heavy atom. The molecule has 2 fully saturated rings. The van der Waals surface area contributed by atoms with Crippen molar-refractivity contribution in [3.8, 4) is 5.75 Å². The molecule has 2 heterocycles. The van der Waals surface area contributed by atoms with Crippen LogP contribution in [0.5, 0.6) is 5.75 Å². The minimum Gasteiger partial charge on any atom is -0.487 e. The maximum Gasteiger partial charge on any atom is 0.222 e. The Morgan fingerprint density at radius 3 is 2.88 bits per heavy atom. The number of likely N-dealkylation sites (tertiary alicyclic amines) is 1. The van der Waals surface area contributed by atoms with Crippen LogP contribution in [0.4, 0.5) is 0 Å². The molecule has 1 N–H and O–H groups in total. The predicted molar refractivity (Wildman–Crippen MR) is 94.0 cm³/mol. The third-order valence-corrected chi connectivity index (χ3v) is 5.88. The van der Waals surface area contributed by atoms with Crippen molar-refractivity contribution in [1.82, 2.24) is 10.2 Å². The molecule has 1 aromatic carbocycles. The summed E-state index contributed by atoms with van der Waals surface area (Å²) in [4.78, 5) is 13.8. The molecular weight excluding hydrogens is 300 g/mol. The quantitative estimate of drug-likeness (QED) is 0.902. The Labute approximate surface area is 144 Å². The van der Waals surface area contributed by atoms with Gasteiger partial charge >= 0.3 is 0 Å². The van der Waals surface area contributed by atoms with E-state index in [1.165, 1.54) is 24.8 Å². The molecule has 1 amide bonds. The van der Waals surface area contributed by atoms with Crippen LogP contribution >= 0.6 is 0 Å². The standard InChI is InChI=1S/C20H28N2O2/c1-15(14-22-11-4-8-19(22)23)13-21-17-12-20(9-5-10-20)24-18-7-3-2-6-16(17)18/h2-3,6-7,15,17,21H,4-5,8-14H2,1H3/t15-,17+/m1/s1. The molecule has 0 bridgehead atoms.